The standard InChI is InChI=1S/C15H13O2/c1-12-7-8-15(17-10-9-16)14(11-12)13-5-3-2-4-6-13/h2-8,11H,10H2,1H3. The number of hydrogen-bond acceptors (Lipinski definition) is 2. The van der Waals surface area contributed by atoms with Crippen LogP contribution in [0.1, 0.15) is 5.56 Å². The summed E-state index contributed by atoms with van der Waals surface area (Å²) in [6.45, 7) is 1.99. The van der Waals surface area contributed by atoms with Crippen molar-refractivity contribution < 1.29 is 9.53 Å². The van der Waals surface area contributed by atoms with Gasteiger partial charge in [-0.25, -0.2) is 0 Å². The highest BCUT2D eigenvalue weighted by atomic mass is 16.5. The molecule has 0 saturated carbocycles. The Kier molecular flexibility index (Phi) is 3.55. The van der Waals surface area contributed by atoms with Crippen LogP contribution >= 0.6 is 0 Å². The molecular formula is C15H13O2. The monoisotopic (exact) mass is 225 g/mol. The Morgan fingerprint density at radius 2 is 1.88 bits per heavy atom. The molecule has 0 bridgehead atoms. The van der Waals surface area contributed by atoms with Gasteiger partial charge in [-0.1, -0.05) is 42.0 Å². The van der Waals surface area contributed by atoms with Crippen molar-refractivity contribution in [2.45, 2.75) is 6.92 Å². The molecule has 0 heterocycles. The van der Waals surface area contributed by atoms with Crippen LogP contribution in [0.2, 0.25) is 0 Å². The van der Waals surface area contributed by atoms with Crippen molar-refractivity contribution in [3.8, 4) is 16.9 Å². The minimum Gasteiger partial charge on any atom is -0.485 e. The topological polar surface area (TPSA) is 26.3 Å². The molecule has 1 radical (unpaired) electrons. The Balaban J connectivity index is 2.43. The normalized spacial score (nSPS) is 9.94. The van der Waals surface area contributed by atoms with Gasteiger partial charge < -0.3 is 4.74 Å². The molecule has 2 rings (SSSR count). The molecular weight excluding hydrogens is 212 g/mol. The summed E-state index contributed by atoms with van der Waals surface area (Å²) in [5, 5.41) is 0. The minimum absolute atomic E-state index is 0.0388. The molecule has 0 aromatic heterocycles. The van der Waals surface area contributed by atoms with E-state index in [-0.39, 0.29) is 6.61 Å². The number of ether oxygens (including phenoxy) is 1. The van der Waals surface area contributed by atoms with Crippen LogP contribution in [0.15, 0.2) is 48.5 Å². The fourth-order valence-corrected chi connectivity index (χ4v) is 1.72. The molecule has 0 aliphatic carbocycles. The summed E-state index contributed by atoms with van der Waals surface area (Å²) in [7, 11) is 0. The van der Waals surface area contributed by atoms with Crippen LogP contribution in [-0.4, -0.2) is 12.9 Å². The van der Waals surface area contributed by atoms with Crippen LogP contribution in [0, 0.1) is 6.92 Å². The van der Waals surface area contributed by atoms with Gasteiger partial charge in [0.05, 0.1) is 0 Å². The Morgan fingerprint density at radius 1 is 1.12 bits per heavy atom. The first-order valence-corrected chi connectivity index (χ1v) is 5.45. The second-order valence-electron chi connectivity index (χ2n) is 3.80. The summed E-state index contributed by atoms with van der Waals surface area (Å²) in [5.74, 6) is 0.713. The van der Waals surface area contributed by atoms with Crippen molar-refractivity contribution in [2.24, 2.45) is 0 Å². The number of aryl methyl sites for hydroxylation is 1. The van der Waals surface area contributed by atoms with Gasteiger partial charge in [0, 0.05) is 5.56 Å². The van der Waals surface area contributed by atoms with Gasteiger partial charge in [0.2, 0.25) is 6.29 Å². The Bertz CT molecular complexity index is 504. The molecule has 0 fully saturated rings. The summed E-state index contributed by atoms with van der Waals surface area (Å²) < 4.78 is 5.37. The first-order valence-electron chi connectivity index (χ1n) is 5.45. The molecule has 0 spiro atoms. The maximum Gasteiger partial charge on any atom is 0.239 e. The van der Waals surface area contributed by atoms with Crippen LogP contribution in [-0.2, 0) is 4.79 Å². The second-order valence-corrected chi connectivity index (χ2v) is 3.80. The van der Waals surface area contributed by atoms with Crippen molar-refractivity contribution >= 4 is 6.29 Å². The lowest BCUT2D eigenvalue weighted by Gasteiger charge is -2.10. The van der Waals surface area contributed by atoms with Gasteiger partial charge in [-0.05, 0) is 24.6 Å². The quantitative estimate of drug-likeness (QED) is 0.799. The average molecular weight is 225 g/mol. The van der Waals surface area contributed by atoms with E-state index >= 15 is 0 Å². The molecule has 0 amide bonds. The Hall–Kier alpha value is -2.09. The number of carbonyl (C=O) groups excluding carboxylic acids is 1. The number of rotatable bonds is 4. The smallest absolute Gasteiger partial charge is 0.239 e. The highest BCUT2D eigenvalue weighted by Gasteiger charge is 2.06. The molecule has 17 heavy (non-hydrogen) atoms. The van der Waals surface area contributed by atoms with Crippen LogP contribution in [0.3, 0.4) is 0 Å². The van der Waals surface area contributed by atoms with E-state index in [0.717, 1.165) is 16.7 Å². The van der Waals surface area contributed by atoms with Crippen molar-refractivity contribution in [1.82, 2.24) is 0 Å². The number of benzene rings is 2. The molecule has 0 atom stereocenters. The molecule has 0 aliphatic rings. The van der Waals surface area contributed by atoms with Gasteiger partial charge in [0.1, 0.15) is 5.75 Å². The van der Waals surface area contributed by atoms with E-state index in [1.54, 1.807) is 6.29 Å². The second kappa shape index (κ2) is 5.30. The van der Waals surface area contributed by atoms with Gasteiger partial charge in [-0.15, -0.1) is 0 Å². The van der Waals surface area contributed by atoms with Crippen LogP contribution in [0.25, 0.3) is 11.1 Å². The third-order valence-electron chi connectivity index (χ3n) is 2.51. The molecule has 85 valence electrons. The molecule has 2 nitrogen and oxygen atoms in total. The first-order chi connectivity index (χ1) is 8.31. The summed E-state index contributed by atoms with van der Waals surface area (Å²) in [6, 6.07) is 15.9. The van der Waals surface area contributed by atoms with Crippen molar-refractivity contribution in [1.29, 1.82) is 0 Å². The Morgan fingerprint density at radius 3 is 2.59 bits per heavy atom. The first kappa shape index (κ1) is 11.4. The predicted molar refractivity (Wildman–Crippen MR) is 67.8 cm³/mol. The Labute approximate surface area is 101 Å². The van der Waals surface area contributed by atoms with Gasteiger partial charge in [-0.2, -0.15) is 0 Å². The summed E-state index contributed by atoms with van der Waals surface area (Å²) in [6.07, 6.45) is 1.74. The van der Waals surface area contributed by atoms with E-state index in [4.69, 9.17) is 4.74 Å². The van der Waals surface area contributed by atoms with E-state index in [1.165, 1.54) is 0 Å². The van der Waals surface area contributed by atoms with E-state index in [2.05, 4.69) is 6.07 Å². The lowest BCUT2D eigenvalue weighted by Crippen LogP contribution is -1.99. The van der Waals surface area contributed by atoms with E-state index < -0.39 is 0 Å². The number of hydrogen-bond donors (Lipinski definition) is 0. The maximum atomic E-state index is 10.2. The molecule has 0 N–H and O–H groups in total. The van der Waals surface area contributed by atoms with Gasteiger partial charge in [-0.3, -0.25) is 4.79 Å². The van der Waals surface area contributed by atoms with E-state index in [9.17, 15) is 4.79 Å². The van der Waals surface area contributed by atoms with Crippen LogP contribution in [0.5, 0.6) is 5.75 Å². The van der Waals surface area contributed by atoms with Gasteiger partial charge in [0.15, 0.2) is 6.61 Å². The third-order valence-corrected chi connectivity index (χ3v) is 2.51. The fourth-order valence-electron chi connectivity index (χ4n) is 1.72. The zero-order valence-electron chi connectivity index (χ0n) is 9.64. The fraction of sp³-hybridized carbons (Fsp3) is 0.133. The summed E-state index contributed by atoms with van der Waals surface area (Å²) >= 11 is 0. The summed E-state index contributed by atoms with van der Waals surface area (Å²) in [5.41, 5.74) is 3.24. The highest BCUT2D eigenvalue weighted by Crippen LogP contribution is 2.30. The van der Waals surface area contributed by atoms with Crippen molar-refractivity contribution in [2.75, 3.05) is 6.61 Å². The lowest BCUT2D eigenvalue weighted by molar-refractivity contribution is 0.366. The zero-order chi connectivity index (χ0) is 12.1. The molecule has 0 unspecified atom stereocenters. The molecule has 2 heteroatoms. The molecule has 2 aromatic carbocycles. The molecule has 0 aliphatic heterocycles. The van der Waals surface area contributed by atoms with Gasteiger partial charge in [0.25, 0.3) is 0 Å². The van der Waals surface area contributed by atoms with Crippen molar-refractivity contribution in [3.05, 3.63) is 54.1 Å². The molecule has 2 aromatic rings. The average Bonchev–Trinajstić information content (AvgIpc) is 2.38. The largest absolute Gasteiger partial charge is 0.485 e. The van der Waals surface area contributed by atoms with E-state index in [0.29, 0.717) is 5.75 Å². The molecule has 0 saturated heterocycles. The van der Waals surface area contributed by atoms with Gasteiger partial charge >= 0.3 is 0 Å². The third kappa shape index (κ3) is 2.72. The zero-order valence-corrected chi connectivity index (χ0v) is 9.64. The van der Waals surface area contributed by atoms with Crippen LogP contribution < -0.4 is 4.74 Å². The lowest BCUT2D eigenvalue weighted by atomic mass is 10.0. The SMILES string of the molecule is Cc1ccc(OC[C]=O)c(-c2ccccc2)c1. The van der Waals surface area contributed by atoms with Crippen LogP contribution in [0.4, 0.5) is 0 Å². The predicted octanol–water partition coefficient (Wildman–Crippen LogP) is 3.15. The minimum atomic E-state index is -0.0388. The van der Waals surface area contributed by atoms with Crippen molar-refractivity contribution in [3.63, 3.8) is 0 Å². The highest BCUT2D eigenvalue weighted by molar-refractivity contribution is 5.71. The summed E-state index contributed by atoms with van der Waals surface area (Å²) in [4.78, 5) is 10.2. The maximum absolute atomic E-state index is 10.2. The van der Waals surface area contributed by atoms with E-state index in [1.807, 2.05) is 49.4 Å².